The molecule has 3 aromatic heterocycles. The molecule has 10 heteroatoms. The normalized spacial score (nSPS) is 10.5. The van der Waals surface area contributed by atoms with Crippen molar-refractivity contribution in [3.8, 4) is 6.07 Å². The van der Waals surface area contributed by atoms with E-state index in [2.05, 4.69) is 11.4 Å². The lowest BCUT2D eigenvalue weighted by Crippen LogP contribution is -2.28. The van der Waals surface area contributed by atoms with Crippen LogP contribution in [0.3, 0.4) is 0 Å². The maximum absolute atomic E-state index is 12.6. The molecule has 1 N–H and O–H groups in total. The first kappa shape index (κ1) is 19.6. The number of nitriles is 1. The van der Waals surface area contributed by atoms with Gasteiger partial charge in [0.2, 0.25) is 5.91 Å². The van der Waals surface area contributed by atoms with Crippen molar-refractivity contribution < 1.29 is 14.1 Å². The third kappa shape index (κ3) is 3.93. The van der Waals surface area contributed by atoms with E-state index in [0.717, 1.165) is 28.6 Å². The highest BCUT2D eigenvalue weighted by Gasteiger charge is 2.21. The number of nitro groups is 1. The highest BCUT2D eigenvalue weighted by molar-refractivity contribution is 5.91. The molecule has 3 heterocycles. The zero-order valence-corrected chi connectivity index (χ0v) is 15.7. The molecule has 0 saturated heterocycles. The summed E-state index contributed by atoms with van der Waals surface area (Å²) in [6.45, 7) is 3.45. The highest BCUT2D eigenvalue weighted by atomic mass is 16.6. The Bertz CT molecular complexity index is 1180. The molecule has 0 aliphatic rings. The summed E-state index contributed by atoms with van der Waals surface area (Å²) < 4.78 is 8.04. The van der Waals surface area contributed by atoms with Crippen molar-refractivity contribution in [3.05, 3.63) is 79.8 Å². The Balaban J connectivity index is 1.92. The molecular weight excluding hydrogens is 378 g/mol. The highest BCUT2D eigenvalue weighted by Crippen LogP contribution is 2.27. The van der Waals surface area contributed by atoms with Gasteiger partial charge in [-0.3, -0.25) is 24.3 Å². The Labute approximate surface area is 164 Å². The quantitative estimate of drug-likeness (QED) is 0.502. The van der Waals surface area contributed by atoms with Gasteiger partial charge in [-0.2, -0.15) is 5.26 Å². The second-order valence-electron chi connectivity index (χ2n) is 6.37. The summed E-state index contributed by atoms with van der Waals surface area (Å²) in [5.41, 5.74) is 0.934. The zero-order chi connectivity index (χ0) is 21.1. The number of carbonyl (C=O) groups excluding carboxylic acids is 1. The Hall–Kier alpha value is -4.13. The molecule has 0 atom stereocenters. The summed E-state index contributed by atoms with van der Waals surface area (Å²) in [4.78, 5) is 34.8. The van der Waals surface area contributed by atoms with Gasteiger partial charge in [0.25, 0.3) is 11.2 Å². The Kier molecular flexibility index (Phi) is 5.32. The van der Waals surface area contributed by atoms with Crippen LogP contribution in [0.2, 0.25) is 0 Å². The van der Waals surface area contributed by atoms with Crippen molar-refractivity contribution in [2.75, 3.05) is 5.32 Å². The molecule has 0 aromatic carbocycles. The SMILES string of the molecule is Cc1c(C#N)c(NC(=O)Cn2cc([N+](=O)[O-])ccc2=O)n(Cc2ccco2)c1C. The number of anilines is 1. The van der Waals surface area contributed by atoms with E-state index in [0.29, 0.717) is 23.4 Å². The number of hydrogen-bond acceptors (Lipinski definition) is 6. The molecule has 0 aliphatic heterocycles. The van der Waals surface area contributed by atoms with Crippen molar-refractivity contribution in [2.45, 2.75) is 26.9 Å². The maximum Gasteiger partial charge on any atom is 0.285 e. The molecule has 29 heavy (non-hydrogen) atoms. The molecule has 0 spiro atoms. The summed E-state index contributed by atoms with van der Waals surface area (Å²) in [7, 11) is 0. The van der Waals surface area contributed by atoms with Crippen LogP contribution in [0, 0.1) is 35.3 Å². The number of rotatable bonds is 6. The summed E-state index contributed by atoms with van der Waals surface area (Å²) in [6, 6.07) is 7.70. The van der Waals surface area contributed by atoms with Gasteiger partial charge in [-0.25, -0.2) is 0 Å². The van der Waals surface area contributed by atoms with Crippen molar-refractivity contribution in [2.24, 2.45) is 0 Å². The largest absolute Gasteiger partial charge is 0.467 e. The van der Waals surface area contributed by atoms with Crippen molar-refractivity contribution in [1.29, 1.82) is 5.26 Å². The van der Waals surface area contributed by atoms with Gasteiger partial charge in [-0.15, -0.1) is 0 Å². The predicted octanol–water partition coefficient (Wildman–Crippen LogP) is 2.33. The summed E-state index contributed by atoms with van der Waals surface area (Å²) in [5.74, 6) is 0.322. The number of nitrogens with one attached hydrogen (secondary N) is 1. The standard InChI is InChI=1S/C19H17N5O5/c1-12-13(2)23(10-15-4-3-7-29-15)19(16(12)8-20)21-17(25)11-22-9-14(24(27)28)5-6-18(22)26/h3-7,9H,10-11H2,1-2H3,(H,21,25). The van der Waals surface area contributed by atoms with Crippen molar-refractivity contribution in [3.63, 3.8) is 0 Å². The molecule has 10 nitrogen and oxygen atoms in total. The number of aromatic nitrogens is 2. The number of carbonyl (C=O) groups is 1. The van der Waals surface area contributed by atoms with Crippen LogP contribution in [0.15, 0.2) is 45.9 Å². The summed E-state index contributed by atoms with van der Waals surface area (Å²) in [6.07, 6.45) is 2.53. The molecule has 148 valence electrons. The van der Waals surface area contributed by atoms with Gasteiger partial charge in [0.1, 0.15) is 24.2 Å². The Morgan fingerprint density at radius 3 is 2.72 bits per heavy atom. The molecule has 0 radical (unpaired) electrons. The van der Waals surface area contributed by atoms with Gasteiger partial charge in [0.05, 0.1) is 29.5 Å². The van der Waals surface area contributed by atoms with Gasteiger partial charge in [-0.1, -0.05) is 0 Å². The minimum absolute atomic E-state index is 0.280. The molecule has 0 fully saturated rings. The fourth-order valence-electron chi connectivity index (χ4n) is 2.96. The zero-order valence-electron chi connectivity index (χ0n) is 15.7. The van der Waals surface area contributed by atoms with E-state index in [1.807, 2.05) is 6.92 Å². The first-order valence-corrected chi connectivity index (χ1v) is 8.58. The molecule has 0 aliphatic carbocycles. The van der Waals surface area contributed by atoms with Crippen LogP contribution < -0.4 is 10.9 Å². The Morgan fingerprint density at radius 1 is 1.34 bits per heavy atom. The van der Waals surface area contributed by atoms with Crippen molar-refractivity contribution in [1.82, 2.24) is 9.13 Å². The summed E-state index contributed by atoms with van der Waals surface area (Å²) in [5, 5.41) is 23.1. The summed E-state index contributed by atoms with van der Waals surface area (Å²) >= 11 is 0. The van der Waals surface area contributed by atoms with Crippen LogP contribution in [0.1, 0.15) is 22.6 Å². The van der Waals surface area contributed by atoms with E-state index in [-0.39, 0.29) is 11.5 Å². The van der Waals surface area contributed by atoms with Gasteiger partial charge in [-0.05, 0) is 31.5 Å². The van der Waals surface area contributed by atoms with E-state index in [1.54, 1.807) is 23.6 Å². The average Bonchev–Trinajstić information content (AvgIpc) is 3.26. The minimum atomic E-state index is -0.650. The van der Waals surface area contributed by atoms with Crippen LogP contribution in [0.5, 0.6) is 0 Å². The number of nitrogens with zero attached hydrogens (tertiary/aromatic N) is 4. The smallest absolute Gasteiger partial charge is 0.285 e. The number of hydrogen-bond donors (Lipinski definition) is 1. The molecule has 3 rings (SSSR count). The molecule has 1 amide bonds. The average molecular weight is 395 g/mol. The number of amides is 1. The fourth-order valence-corrected chi connectivity index (χ4v) is 2.96. The number of pyridine rings is 1. The molecular formula is C19H17N5O5. The van der Waals surface area contributed by atoms with Gasteiger partial charge in [0, 0.05) is 17.8 Å². The lowest BCUT2D eigenvalue weighted by molar-refractivity contribution is -0.385. The van der Waals surface area contributed by atoms with Crippen LogP contribution in [-0.2, 0) is 17.9 Å². The first-order chi connectivity index (χ1) is 13.8. The minimum Gasteiger partial charge on any atom is -0.467 e. The van der Waals surface area contributed by atoms with E-state index in [9.17, 15) is 25.0 Å². The van der Waals surface area contributed by atoms with Crippen LogP contribution >= 0.6 is 0 Å². The van der Waals surface area contributed by atoms with Crippen LogP contribution in [0.4, 0.5) is 11.5 Å². The molecule has 3 aromatic rings. The van der Waals surface area contributed by atoms with Crippen molar-refractivity contribution >= 4 is 17.4 Å². The van der Waals surface area contributed by atoms with Crippen LogP contribution in [-0.4, -0.2) is 20.0 Å². The van der Waals surface area contributed by atoms with E-state index < -0.39 is 22.9 Å². The second kappa shape index (κ2) is 7.85. The molecule has 0 saturated carbocycles. The van der Waals surface area contributed by atoms with Gasteiger partial charge in [0.15, 0.2) is 0 Å². The fraction of sp³-hybridized carbons (Fsp3) is 0.211. The third-order valence-corrected chi connectivity index (χ3v) is 4.59. The molecule has 0 unspecified atom stereocenters. The lowest BCUT2D eigenvalue weighted by Gasteiger charge is -2.12. The topological polar surface area (TPSA) is 136 Å². The lowest BCUT2D eigenvalue weighted by atomic mass is 10.2. The van der Waals surface area contributed by atoms with Gasteiger partial charge < -0.3 is 14.3 Å². The second-order valence-corrected chi connectivity index (χ2v) is 6.37. The Morgan fingerprint density at radius 2 is 2.10 bits per heavy atom. The monoisotopic (exact) mass is 395 g/mol. The first-order valence-electron chi connectivity index (χ1n) is 8.58. The van der Waals surface area contributed by atoms with Crippen LogP contribution in [0.25, 0.3) is 0 Å². The number of furan rings is 1. The van der Waals surface area contributed by atoms with E-state index in [1.165, 1.54) is 6.26 Å². The third-order valence-electron chi connectivity index (χ3n) is 4.59. The molecule has 0 bridgehead atoms. The van der Waals surface area contributed by atoms with E-state index >= 15 is 0 Å². The predicted molar refractivity (Wildman–Crippen MR) is 102 cm³/mol. The van der Waals surface area contributed by atoms with Gasteiger partial charge >= 0.3 is 0 Å². The van der Waals surface area contributed by atoms with E-state index in [4.69, 9.17) is 4.42 Å². The maximum atomic E-state index is 12.6.